The van der Waals surface area contributed by atoms with Crippen LogP contribution in [0.15, 0.2) is 116 Å². The SMILES string of the molecule is O=C(O)[C@H](Cc1c[nH]cn1)N(c1ncc[nH]1)C(c1ccccc1)(c1ccccc1)c1ccccc1. The standard InChI is InChI=1S/C28H25N5O2/c34-26(35)25(18-24-19-29-20-32-24)33(27-30-16-17-31-27)28(21-10-4-1-5-11-21,22-12-6-2-7-13-22)23-14-8-3-9-15-23/h1-17,19-20,25H,18H2,(H,29,32)(H,30,31)(H,34,35)/t25-/m0/s1. The highest BCUT2D eigenvalue weighted by atomic mass is 16.4. The van der Waals surface area contributed by atoms with E-state index in [0.29, 0.717) is 11.6 Å². The number of hydrogen-bond acceptors (Lipinski definition) is 4. The summed E-state index contributed by atoms with van der Waals surface area (Å²) in [6.45, 7) is 0. The molecular weight excluding hydrogens is 438 g/mol. The van der Waals surface area contributed by atoms with Crippen molar-refractivity contribution in [3.63, 3.8) is 0 Å². The molecule has 0 amide bonds. The van der Waals surface area contributed by atoms with E-state index in [2.05, 4.69) is 19.9 Å². The van der Waals surface area contributed by atoms with Crippen molar-refractivity contribution >= 4 is 11.9 Å². The lowest BCUT2D eigenvalue weighted by atomic mass is 9.74. The van der Waals surface area contributed by atoms with E-state index in [1.165, 1.54) is 0 Å². The maximum Gasteiger partial charge on any atom is 0.326 e. The van der Waals surface area contributed by atoms with Crippen LogP contribution in [0.1, 0.15) is 22.4 Å². The first kappa shape index (κ1) is 22.2. The second kappa shape index (κ2) is 9.69. The fourth-order valence-corrected chi connectivity index (χ4v) is 4.77. The van der Waals surface area contributed by atoms with Crippen molar-refractivity contribution in [2.75, 3.05) is 4.90 Å². The van der Waals surface area contributed by atoms with Crippen molar-refractivity contribution in [3.05, 3.63) is 138 Å². The summed E-state index contributed by atoms with van der Waals surface area (Å²) < 4.78 is 0. The fourth-order valence-electron chi connectivity index (χ4n) is 4.77. The summed E-state index contributed by atoms with van der Waals surface area (Å²) in [5.74, 6) is -0.527. The molecule has 2 heterocycles. The summed E-state index contributed by atoms with van der Waals surface area (Å²) in [5.41, 5.74) is 2.39. The molecule has 0 saturated carbocycles. The van der Waals surface area contributed by atoms with Crippen LogP contribution >= 0.6 is 0 Å². The van der Waals surface area contributed by atoms with Gasteiger partial charge in [-0.15, -0.1) is 0 Å². The Bertz CT molecular complexity index is 1240. The van der Waals surface area contributed by atoms with E-state index in [-0.39, 0.29) is 6.42 Å². The van der Waals surface area contributed by atoms with E-state index in [1.54, 1.807) is 24.9 Å². The van der Waals surface area contributed by atoms with Gasteiger partial charge in [-0.3, -0.25) is 0 Å². The molecule has 0 spiro atoms. The normalized spacial score (nSPS) is 12.2. The lowest BCUT2D eigenvalue weighted by Gasteiger charge is -2.48. The van der Waals surface area contributed by atoms with Gasteiger partial charge in [0.05, 0.1) is 12.0 Å². The number of imidazole rings is 2. The van der Waals surface area contributed by atoms with Gasteiger partial charge in [0.15, 0.2) is 0 Å². The van der Waals surface area contributed by atoms with Crippen LogP contribution in [-0.4, -0.2) is 37.1 Å². The second-order valence-electron chi connectivity index (χ2n) is 8.21. The summed E-state index contributed by atoms with van der Waals surface area (Å²) in [6, 6.07) is 28.9. The van der Waals surface area contributed by atoms with Crippen molar-refractivity contribution in [3.8, 4) is 0 Å². The molecule has 35 heavy (non-hydrogen) atoms. The van der Waals surface area contributed by atoms with Gasteiger partial charge in [0.25, 0.3) is 0 Å². The lowest BCUT2D eigenvalue weighted by molar-refractivity contribution is -0.138. The molecule has 0 aliphatic rings. The number of carbonyl (C=O) groups is 1. The number of benzene rings is 3. The molecule has 3 N–H and O–H groups in total. The zero-order valence-corrected chi connectivity index (χ0v) is 19.0. The fraction of sp³-hybridized carbons (Fsp3) is 0.107. The van der Waals surface area contributed by atoms with Gasteiger partial charge in [-0.1, -0.05) is 91.0 Å². The predicted octanol–water partition coefficient (Wildman–Crippen LogP) is 4.63. The largest absolute Gasteiger partial charge is 0.480 e. The number of carboxylic acid groups (broad SMARTS) is 1. The monoisotopic (exact) mass is 463 g/mol. The van der Waals surface area contributed by atoms with Gasteiger partial charge < -0.3 is 20.0 Å². The van der Waals surface area contributed by atoms with Crippen LogP contribution in [0, 0.1) is 0 Å². The van der Waals surface area contributed by atoms with E-state index in [9.17, 15) is 9.90 Å². The number of nitrogens with zero attached hydrogens (tertiary/aromatic N) is 3. The average Bonchev–Trinajstić information content (AvgIpc) is 3.62. The number of nitrogens with one attached hydrogen (secondary N) is 2. The first-order chi connectivity index (χ1) is 17.2. The smallest absolute Gasteiger partial charge is 0.326 e. The lowest BCUT2D eigenvalue weighted by Crippen LogP contribution is -2.57. The minimum atomic E-state index is -1.01. The number of rotatable bonds is 9. The minimum absolute atomic E-state index is 0.174. The Labute approximate surface area is 203 Å². The highest BCUT2D eigenvalue weighted by molar-refractivity contribution is 5.80. The van der Waals surface area contributed by atoms with E-state index in [1.807, 2.05) is 95.9 Å². The summed E-state index contributed by atoms with van der Waals surface area (Å²) in [6.07, 6.45) is 6.81. The zero-order valence-electron chi connectivity index (χ0n) is 19.0. The van der Waals surface area contributed by atoms with Gasteiger partial charge >= 0.3 is 5.97 Å². The van der Waals surface area contributed by atoms with Gasteiger partial charge in [-0.05, 0) is 16.7 Å². The predicted molar refractivity (Wildman–Crippen MR) is 134 cm³/mol. The van der Waals surface area contributed by atoms with Crippen LogP contribution in [0.5, 0.6) is 0 Å². The van der Waals surface area contributed by atoms with Gasteiger partial charge in [0, 0.05) is 25.0 Å². The molecule has 0 unspecified atom stereocenters. The third-order valence-electron chi connectivity index (χ3n) is 6.20. The topological polar surface area (TPSA) is 97.9 Å². The van der Waals surface area contributed by atoms with Crippen LogP contribution in [0.25, 0.3) is 0 Å². The Morgan fingerprint density at radius 1 is 0.857 bits per heavy atom. The van der Waals surface area contributed by atoms with Crippen molar-refractivity contribution in [1.82, 2.24) is 19.9 Å². The Hall–Kier alpha value is -4.65. The Kier molecular flexibility index (Phi) is 6.13. The van der Waals surface area contributed by atoms with Crippen molar-refractivity contribution in [2.45, 2.75) is 18.0 Å². The second-order valence-corrected chi connectivity index (χ2v) is 8.21. The molecule has 0 aliphatic heterocycles. The van der Waals surface area contributed by atoms with Crippen molar-refractivity contribution in [2.24, 2.45) is 0 Å². The zero-order chi connectivity index (χ0) is 24.1. The minimum Gasteiger partial charge on any atom is -0.480 e. The Morgan fingerprint density at radius 3 is 1.80 bits per heavy atom. The number of hydrogen-bond donors (Lipinski definition) is 3. The molecule has 5 aromatic rings. The molecule has 0 radical (unpaired) electrons. The number of H-pyrrole nitrogens is 2. The van der Waals surface area contributed by atoms with Gasteiger partial charge in [0.2, 0.25) is 5.95 Å². The Balaban J connectivity index is 1.87. The quantitative estimate of drug-likeness (QED) is 0.277. The third kappa shape index (κ3) is 4.08. The molecule has 174 valence electrons. The van der Waals surface area contributed by atoms with Gasteiger partial charge in [0.1, 0.15) is 11.6 Å². The molecule has 1 atom stereocenters. The number of aromatic nitrogens is 4. The Morgan fingerprint density at radius 2 is 1.40 bits per heavy atom. The van der Waals surface area contributed by atoms with Crippen LogP contribution in [-0.2, 0) is 16.8 Å². The van der Waals surface area contributed by atoms with E-state index in [0.717, 1.165) is 16.7 Å². The van der Waals surface area contributed by atoms with Crippen LogP contribution in [0.4, 0.5) is 5.95 Å². The van der Waals surface area contributed by atoms with Crippen molar-refractivity contribution < 1.29 is 9.90 Å². The number of aromatic amines is 2. The summed E-state index contributed by atoms with van der Waals surface area (Å²) in [7, 11) is 0. The number of carboxylic acids is 1. The summed E-state index contributed by atoms with van der Waals surface area (Å²) in [4.78, 5) is 29.9. The molecule has 0 fully saturated rings. The molecule has 5 rings (SSSR count). The molecule has 0 aliphatic carbocycles. The molecule has 7 nitrogen and oxygen atoms in total. The van der Waals surface area contributed by atoms with Crippen LogP contribution in [0.3, 0.4) is 0 Å². The third-order valence-corrected chi connectivity index (χ3v) is 6.20. The van der Waals surface area contributed by atoms with E-state index < -0.39 is 17.6 Å². The van der Waals surface area contributed by atoms with Crippen molar-refractivity contribution in [1.29, 1.82) is 0 Å². The van der Waals surface area contributed by atoms with E-state index in [4.69, 9.17) is 0 Å². The summed E-state index contributed by atoms with van der Waals surface area (Å²) in [5, 5.41) is 10.6. The maximum atomic E-state index is 13.0. The first-order valence-electron chi connectivity index (χ1n) is 11.4. The molecule has 0 bridgehead atoms. The first-order valence-corrected chi connectivity index (χ1v) is 11.4. The highest BCUT2D eigenvalue weighted by Gasteiger charge is 2.48. The van der Waals surface area contributed by atoms with E-state index >= 15 is 0 Å². The number of aliphatic carboxylic acids is 1. The van der Waals surface area contributed by atoms with Gasteiger partial charge in [-0.2, -0.15) is 0 Å². The highest BCUT2D eigenvalue weighted by Crippen LogP contribution is 2.45. The molecule has 3 aromatic carbocycles. The molecule has 0 saturated heterocycles. The molecule has 2 aromatic heterocycles. The van der Waals surface area contributed by atoms with Gasteiger partial charge in [-0.25, -0.2) is 14.8 Å². The molecule has 7 heteroatoms. The van der Waals surface area contributed by atoms with Crippen LogP contribution < -0.4 is 4.90 Å². The maximum absolute atomic E-state index is 13.0. The number of anilines is 1. The van der Waals surface area contributed by atoms with Crippen LogP contribution in [0.2, 0.25) is 0 Å². The average molecular weight is 464 g/mol. The summed E-state index contributed by atoms with van der Waals surface area (Å²) >= 11 is 0. The molecular formula is C28H25N5O2.